The van der Waals surface area contributed by atoms with Crippen molar-refractivity contribution >= 4 is 11.7 Å². The van der Waals surface area contributed by atoms with Gasteiger partial charge in [-0.3, -0.25) is 9.59 Å². The van der Waals surface area contributed by atoms with Gasteiger partial charge in [0.1, 0.15) is 5.78 Å². The van der Waals surface area contributed by atoms with Crippen LogP contribution >= 0.6 is 0 Å². The van der Waals surface area contributed by atoms with Crippen LogP contribution in [-0.4, -0.2) is 35.6 Å². The predicted octanol–water partition coefficient (Wildman–Crippen LogP) is 1.22. The molecule has 0 atom stereocenters. The summed E-state index contributed by atoms with van der Waals surface area (Å²) in [7, 11) is 0. The molecule has 1 amide bonds. The number of alkyl halides is 2. The summed E-state index contributed by atoms with van der Waals surface area (Å²) in [6, 6.07) is 0. The van der Waals surface area contributed by atoms with Gasteiger partial charge in [-0.25, -0.2) is 8.78 Å². The molecule has 2 rings (SSSR count). The largest absolute Gasteiger partial charge is 0.336 e. The van der Waals surface area contributed by atoms with Gasteiger partial charge in [-0.1, -0.05) is 0 Å². The van der Waals surface area contributed by atoms with E-state index < -0.39 is 12.5 Å². The molecule has 1 saturated heterocycles. The van der Waals surface area contributed by atoms with E-state index in [9.17, 15) is 18.4 Å². The summed E-state index contributed by atoms with van der Waals surface area (Å²) in [5.41, 5.74) is 0. The van der Waals surface area contributed by atoms with Gasteiger partial charge in [0.25, 0.3) is 5.92 Å². The van der Waals surface area contributed by atoms with E-state index in [1.54, 1.807) is 0 Å². The van der Waals surface area contributed by atoms with Gasteiger partial charge in [0.05, 0.1) is 12.5 Å². The van der Waals surface area contributed by atoms with Crippen LogP contribution in [0.1, 0.15) is 25.7 Å². The number of carbonyl (C=O) groups excluding carboxylic acids is 2. The van der Waals surface area contributed by atoms with E-state index in [1.165, 1.54) is 4.90 Å². The number of hydrogen-bond donors (Lipinski definition) is 0. The monoisotopic (exact) mass is 217 g/mol. The van der Waals surface area contributed by atoms with Gasteiger partial charge in [-0.2, -0.15) is 0 Å². The molecule has 3 nitrogen and oxygen atoms in total. The Balaban J connectivity index is 1.93. The Kier molecular flexibility index (Phi) is 2.48. The third kappa shape index (κ3) is 2.16. The molecule has 15 heavy (non-hydrogen) atoms. The minimum absolute atomic E-state index is 0.0529. The van der Waals surface area contributed by atoms with Crippen molar-refractivity contribution in [2.45, 2.75) is 31.6 Å². The molecule has 0 spiro atoms. The maximum Gasteiger partial charge on any atom is 0.265 e. The van der Waals surface area contributed by atoms with Crippen molar-refractivity contribution in [3.05, 3.63) is 0 Å². The number of nitrogens with zero attached hydrogens (tertiary/aromatic N) is 1. The molecular formula is C10H13F2NO2. The van der Waals surface area contributed by atoms with Crippen LogP contribution in [0.25, 0.3) is 0 Å². The first kappa shape index (κ1) is 10.5. The van der Waals surface area contributed by atoms with Gasteiger partial charge in [-0.05, 0) is 6.42 Å². The van der Waals surface area contributed by atoms with E-state index in [2.05, 4.69) is 0 Å². The van der Waals surface area contributed by atoms with Crippen molar-refractivity contribution in [2.75, 3.05) is 13.1 Å². The molecule has 0 aromatic heterocycles. The average molecular weight is 217 g/mol. The lowest BCUT2D eigenvalue weighted by Gasteiger charge is -2.36. The number of rotatable bonds is 1. The summed E-state index contributed by atoms with van der Waals surface area (Å²) < 4.78 is 26.0. The first-order valence-electron chi connectivity index (χ1n) is 5.16. The molecule has 0 N–H and O–H groups in total. The zero-order valence-corrected chi connectivity index (χ0v) is 8.34. The van der Waals surface area contributed by atoms with Crippen LogP contribution in [0.3, 0.4) is 0 Å². The van der Waals surface area contributed by atoms with Crippen LogP contribution in [0.2, 0.25) is 0 Å². The molecule has 0 radical (unpaired) electrons. The Hall–Kier alpha value is -1.00. The lowest BCUT2D eigenvalue weighted by atomic mass is 9.82. The topological polar surface area (TPSA) is 37.4 Å². The number of likely N-dealkylation sites (tertiary alicyclic amines) is 1. The summed E-state index contributed by atoms with van der Waals surface area (Å²) in [5.74, 6) is -3.29. The highest BCUT2D eigenvalue weighted by Crippen LogP contribution is 2.30. The summed E-state index contributed by atoms with van der Waals surface area (Å²) >= 11 is 0. The van der Waals surface area contributed by atoms with E-state index in [1.807, 2.05) is 0 Å². The fraction of sp³-hybridized carbons (Fsp3) is 0.800. The smallest absolute Gasteiger partial charge is 0.265 e. The van der Waals surface area contributed by atoms with Gasteiger partial charge in [-0.15, -0.1) is 0 Å². The summed E-state index contributed by atoms with van der Waals surface area (Å²) in [4.78, 5) is 23.6. The Bertz CT molecular complexity index is 296. The van der Waals surface area contributed by atoms with Crippen molar-refractivity contribution in [3.8, 4) is 0 Å². The molecule has 1 aliphatic heterocycles. The lowest BCUT2D eigenvalue weighted by Crippen LogP contribution is -2.50. The fourth-order valence-corrected chi connectivity index (χ4v) is 2.08. The summed E-state index contributed by atoms with van der Waals surface area (Å²) in [6.45, 7) is -0.0738. The first-order chi connectivity index (χ1) is 6.98. The molecule has 84 valence electrons. The molecule has 1 saturated carbocycles. The molecule has 5 heteroatoms. The zero-order chi connectivity index (χ0) is 11.1. The fourth-order valence-electron chi connectivity index (χ4n) is 2.08. The average Bonchev–Trinajstić information content (AvgIpc) is 2.10. The van der Waals surface area contributed by atoms with E-state index in [0.29, 0.717) is 13.0 Å². The number of hydrogen-bond acceptors (Lipinski definition) is 2. The first-order valence-corrected chi connectivity index (χ1v) is 5.16. The normalized spacial score (nSPS) is 26.3. The Morgan fingerprint density at radius 3 is 2.60 bits per heavy atom. The number of amides is 1. The lowest BCUT2D eigenvalue weighted by molar-refractivity contribution is -0.152. The minimum atomic E-state index is -2.75. The second kappa shape index (κ2) is 3.54. The van der Waals surface area contributed by atoms with E-state index in [0.717, 1.165) is 0 Å². The van der Waals surface area contributed by atoms with Gasteiger partial charge < -0.3 is 4.90 Å². The van der Waals surface area contributed by atoms with Crippen molar-refractivity contribution in [1.82, 2.24) is 4.90 Å². The van der Waals surface area contributed by atoms with Gasteiger partial charge >= 0.3 is 0 Å². The third-order valence-electron chi connectivity index (χ3n) is 3.00. The molecule has 0 aromatic carbocycles. The summed E-state index contributed by atoms with van der Waals surface area (Å²) in [5, 5.41) is 0. The van der Waals surface area contributed by atoms with Gasteiger partial charge in [0.2, 0.25) is 5.91 Å². The standard InChI is InChI=1S/C10H13F2NO2/c11-10(12)2-1-3-13(6-10)9(15)7-4-8(14)5-7/h7H,1-6H2. The molecule has 2 fully saturated rings. The van der Waals surface area contributed by atoms with Crippen LogP contribution in [-0.2, 0) is 9.59 Å². The predicted molar refractivity (Wildman–Crippen MR) is 48.5 cm³/mol. The van der Waals surface area contributed by atoms with E-state index in [4.69, 9.17) is 0 Å². The molecule has 0 unspecified atom stereocenters. The number of piperidine rings is 1. The van der Waals surface area contributed by atoms with Crippen LogP contribution in [0.5, 0.6) is 0 Å². The Morgan fingerprint density at radius 1 is 1.40 bits per heavy atom. The van der Waals surface area contributed by atoms with Gasteiger partial charge in [0.15, 0.2) is 0 Å². The molecule has 0 aromatic rings. The van der Waals surface area contributed by atoms with Crippen LogP contribution in [0.4, 0.5) is 8.78 Å². The van der Waals surface area contributed by atoms with Crippen molar-refractivity contribution in [2.24, 2.45) is 5.92 Å². The number of Topliss-reactive ketones (excluding diaryl/α,β-unsaturated/α-hetero) is 1. The second-order valence-corrected chi connectivity index (χ2v) is 4.36. The number of halogens is 2. The van der Waals surface area contributed by atoms with Crippen LogP contribution in [0.15, 0.2) is 0 Å². The minimum Gasteiger partial charge on any atom is -0.336 e. The van der Waals surface area contributed by atoms with Crippen molar-refractivity contribution in [3.63, 3.8) is 0 Å². The number of ketones is 1. The molecule has 2 aliphatic rings. The second-order valence-electron chi connectivity index (χ2n) is 4.36. The SMILES string of the molecule is O=C1CC(C(=O)N2CCCC(F)(F)C2)C1. The Morgan fingerprint density at radius 2 is 2.07 bits per heavy atom. The molecular weight excluding hydrogens is 204 g/mol. The third-order valence-corrected chi connectivity index (χ3v) is 3.00. The molecule has 1 aliphatic carbocycles. The highest BCUT2D eigenvalue weighted by Gasteiger charge is 2.41. The Labute approximate surface area is 86.4 Å². The highest BCUT2D eigenvalue weighted by molar-refractivity contribution is 5.96. The maximum absolute atomic E-state index is 13.0. The van der Waals surface area contributed by atoms with Gasteiger partial charge in [0, 0.05) is 25.8 Å². The highest BCUT2D eigenvalue weighted by atomic mass is 19.3. The number of carbonyl (C=O) groups is 2. The van der Waals surface area contributed by atoms with Crippen molar-refractivity contribution in [1.29, 1.82) is 0 Å². The maximum atomic E-state index is 13.0. The van der Waals surface area contributed by atoms with Crippen molar-refractivity contribution < 1.29 is 18.4 Å². The quantitative estimate of drug-likeness (QED) is 0.662. The zero-order valence-electron chi connectivity index (χ0n) is 8.34. The van der Waals surface area contributed by atoms with Crippen LogP contribution < -0.4 is 0 Å². The molecule has 1 heterocycles. The van der Waals surface area contributed by atoms with E-state index >= 15 is 0 Å². The van der Waals surface area contributed by atoms with Crippen LogP contribution in [0, 0.1) is 5.92 Å². The van der Waals surface area contributed by atoms with E-state index in [-0.39, 0.29) is 36.9 Å². The summed E-state index contributed by atoms with van der Waals surface area (Å²) in [6.07, 6.45) is 0.682. The molecule has 0 bridgehead atoms.